The van der Waals surface area contributed by atoms with Gasteiger partial charge in [-0.3, -0.25) is 4.79 Å². The molecule has 1 aliphatic rings. The molecule has 6 rings (SSSR count). The first-order chi connectivity index (χ1) is 18.9. The number of halogens is 2. The number of aromatic nitrogens is 3. The first-order valence-electron chi connectivity index (χ1n) is 13.1. The Morgan fingerprint density at radius 3 is 2.62 bits per heavy atom. The van der Waals surface area contributed by atoms with Gasteiger partial charge in [0.2, 0.25) is 0 Å². The molecule has 1 fully saturated rings. The van der Waals surface area contributed by atoms with E-state index in [1.165, 1.54) is 12.1 Å². The average molecular weight is 588 g/mol. The number of benzene rings is 3. The first kappa shape index (κ1) is 25.5. The molecule has 5 aromatic rings. The van der Waals surface area contributed by atoms with Gasteiger partial charge in [-0.1, -0.05) is 47.0 Å². The molecule has 1 saturated carbocycles. The normalized spacial score (nSPS) is 17.5. The molecule has 0 unspecified atom stereocenters. The van der Waals surface area contributed by atoms with E-state index in [4.69, 9.17) is 9.72 Å². The molecule has 1 aliphatic carbocycles. The van der Waals surface area contributed by atoms with E-state index in [1.54, 1.807) is 6.07 Å². The van der Waals surface area contributed by atoms with Crippen LogP contribution in [0.15, 0.2) is 77.3 Å². The summed E-state index contributed by atoms with van der Waals surface area (Å²) in [6.45, 7) is 0.860. The van der Waals surface area contributed by atoms with Gasteiger partial charge in [0, 0.05) is 28.4 Å². The number of rotatable bonds is 7. The second-order valence-corrected chi connectivity index (χ2v) is 11.0. The highest BCUT2D eigenvalue weighted by Crippen LogP contribution is 2.39. The number of carboxylic acids is 1. The third-order valence-electron chi connectivity index (χ3n) is 7.51. The highest BCUT2D eigenvalue weighted by atomic mass is 79.9. The van der Waals surface area contributed by atoms with Crippen molar-refractivity contribution in [1.29, 1.82) is 0 Å². The quantitative estimate of drug-likeness (QED) is 0.214. The molecule has 8 heteroatoms. The van der Waals surface area contributed by atoms with Gasteiger partial charge < -0.3 is 14.4 Å². The zero-order valence-corrected chi connectivity index (χ0v) is 22.8. The van der Waals surface area contributed by atoms with Gasteiger partial charge in [-0.25, -0.2) is 14.4 Å². The largest absolute Gasteiger partial charge is 0.487 e. The SMILES string of the molecule is O=C(O)[C@@H]1CCCC[C@@H]1c1nc2cc(OCc3ccc4cc(F)ccc4n3)ccc2n1Cc1ccc(Br)cc1. The summed E-state index contributed by atoms with van der Waals surface area (Å²) in [6, 6.07) is 22.2. The minimum atomic E-state index is -0.753. The van der Waals surface area contributed by atoms with Crippen LogP contribution in [-0.4, -0.2) is 25.6 Å². The third kappa shape index (κ3) is 5.39. The van der Waals surface area contributed by atoms with Crippen molar-refractivity contribution in [2.24, 2.45) is 5.92 Å². The summed E-state index contributed by atoms with van der Waals surface area (Å²) in [7, 11) is 0. The van der Waals surface area contributed by atoms with Crippen molar-refractivity contribution >= 4 is 43.8 Å². The van der Waals surface area contributed by atoms with Crippen molar-refractivity contribution in [3.63, 3.8) is 0 Å². The molecule has 198 valence electrons. The fourth-order valence-electron chi connectivity index (χ4n) is 5.55. The van der Waals surface area contributed by atoms with E-state index >= 15 is 0 Å². The summed E-state index contributed by atoms with van der Waals surface area (Å²) in [6.07, 6.45) is 3.40. The second-order valence-electron chi connectivity index (χ2n) is 10.1. The van der Waals surface area contributed by atoms with Gasteiger partial charge in [-0.05, 0) is 66.9 Å². The molecule has 0 bridgehead atoms. The molecule has 6 nitrogen and oxygen atoms in total. The predicted octanol–water partition coefficient (Wildman–Crippen LogP) is 7.47. The molecular weight excluding hydrogens is 561 g/mol. The molecule has 2 aromatic heterocycles. The first-order valence-corrected chi connectivity index (χ1v) is 13.9. The molecule has 2 heterocycles. The van der Waals surface area contributed by atoms with Crippen molar-refractivity contribution in [3.05, 3.63) is 100 Å². The molecule has 2 atom stereocenters. The Labute approximate surface area is 233 Å². The molecule has 39 heavy (non-hydrogen) atoms. The number of hydrogen-bond acceptors (Lipinski definition) is 4. The maximum absolute atomic E-state index is 13.5. The summed E-state index contributed by atoms with van der Waals surface area (Å²) in [5.41, 5.74) is 4.29. The minimum absolute atomic E-state index is 0.143. The number of ether oxygens (including phenoxy) is 1. The van der Waals surface area contributed by atoms with Crippen molar-refractivity contribution in [1.82, 2.24) is 14.5 Å². The Balaban J connectivity index is 1.32. The van der Waals surface area contributed by atoms with E-state index in [2.05, 4.69) is 37.6 Å². The van der Waals surface area contributed by atoms with Crippen LogP contribution < -0.4 is 4.74 Å². The Morgan fingerprint density at radius 2 is 1.79 bits per heavy atom. The van der Waals surface area contributed by atoms with E-state index in [1.807, 2.05) is 42.5 Å². The standard InChI is InChI=1S/C31H27BrFN3O3/c32-21-8-5-19(6-9-21)17-36-29-14-12-24(39-18-23-11-7-20-15-22(33)10-13-27(20)34-23)16-28(29)35-30(36)25-3-1-2-4-26(25)31(37)38/h5-16,25-26H,1-4,17-18H2,(H,37,38)/t25-,26+/m0/s1. The van der Waals surface area contributed by atoms with Crippen molar-refractivity contribution in [2.75, 3.05) is 0 Å². The van der Waals surface area contributed by atoms with E-state index in [0.717, 1.165) is 57.2 Å². The lowest BCUT2D eigenvalue weighted by Gasteiger charge is -2.28. The van der Waals surface area contributed by atoms with Crippen LogP contribution in [0, 0.1) is 11.7 Å². The summed E-state index contributed by atoms with van der Waals surface area (Å²) >= 11 is 3.50. The fraction of sp³-hybridized carbons (Fsp3) is 0.258. The minimum Gasteiger partial charge on any atom is -0.487 e. The van der Waals surface area contributed by atoms with Gasteiger partial charge in [-0.2, -0.15) is 0 Å². The Morgan fingerprint density at radius 1 is 0.974 bits per heavy atom. The Hall–Kier alpha value is -3.78. The van der Waals surface area contributed by atoms with Crippen molar-refractivity contribution in [3.8, 4) is 5.75 Å². The van der Waals surface area contributed by atoms with Gasteiger partial charge in [0.1, 0.15) is 24.0 Å². The lowest BCUT2D eigenvalue weighted by Crippen LogP contribution is -2.27. The maximum Gasteiger partial charge on any atom is 0.307 e. The smallest absolute Gasteiger partial charge is 0.307 e. The van der Waals surface area contributed by atoms with E-state index in [0.29, 0.717) is 24.2 Å². The van der Waals surface area contributed by atoms with Gasteiger partial charge in [0.25, 0.3) is 0 Å². The number of carboxylic acid groups (broad SMARTS) is 1. The molecule has 0 radical (unpaired) electrons. The van der Waals surface area contributed by atoms with Crippen LogP contribution in [0.1, 0.15) is 48.7 Å². The third-order valence-corrected chi connectivity index (χ3v) is 8.04. The van der Waals surface area contributed by atoms with Crippen LogP contribution >= 0.6 is 15.9 Å². The summed E-state index contributed by atoms with van der Waals surface area (Å²) < 4.78 is 22.7. The Bertz CT molecular complexity index is 1670. The van der Waals surface area contributed by atoms with Crippen LogP contribution in [0.4, 0.5) is 4.39 Å². The molecular formula is C31H27BrFN3O3. The monoisotopic (exact) mass is 587 g/mol. The van der Waals surface area contributed by atoms with Gasteiger partial charge in [0.05, 0.1) is 28.2 Å². The molecule has 0 saturated heterocycles. The summed E-state index contributed by atoms with van der Waals surface area (Å²) in [5, 5.41) is 10.7. The number of hydrogen-bond donors (Lipinski definition) is 1. The lowest BCUT2D eigenvalue weighted by atomic mass is 9.78. The Kier molecular flexibility index (Phi) is 7.04. The van der Waals surface area contributed by atoms with Crippen LogP contribution in [0.25, 0.3) is 21.9 Å². The highest BCUT2D eigenvalue weighted by molar-refractivity contribution is 9.10. The number of nitrogens with zero attached hydrogens (tertiary/aromatic N) is 3. The van der Waals surface area contributed by atoms with E-state index in [-0.39, 0.29) is 18.3 Å². The van der Waals surface area contributed by atoms with E-state index < -0.39 is 11.9 Å². The fourth-order valence-corrected chi connectivity index (χ4v) is 5.82. The second kappa shape index (κ2) is 10.8. The highest BCUT2D eigenvalue weighted by Gasteiger charge is 2.35. The number of fused-ring (bicyclic) bond motifs is 2. The predicted molar refractivity (Wildman–Crippen MR) is 151 cm³/mol. The van der Waals surface area contributed by atoms with Crippen LogP contribution in [0.5, 0.6) is 5.75 Å². The summed E-state index contributed by atoms with van der Waals surface area (Å²) in [5.74, 6) is -0.153. The number of carbonyl (C=O) groups is 1. The van der Waals surface area contributed by atoms with Crippen molar-refractivity contribution in [2.45, 2.75) is 44.8 Å². The van der Waals surface area contributed by atoms with Gasteiger partial charge >= 0.3 is 5.97 Å². The molecule has 0 spiro atoms. The molecule has 3 aromatic carbocycles. The van der Waals surface area contributed by atoms with E-state index in [9.17, 15) is 14.3 Å². The van der Waals surface area contributed by atoms with Crippen molar-refractivity contribution < 1.29 is 19.0 Å². The van der Waals surface area contributed by atoms with Gasteiger partial charge in [-0.15, -0.1) is 0 Å². The van der Waals surface area contributed by atoms with Gasteiger partial charge in [0.15, 0.2) is 0 Å². The van der Waals surface area contributed by atoms with Crippen LogP contribution in [0.3, 0.4) is 0 Å². The zero-order valence-electron chi connectivity index (χ0n) is 21.2. The maximum atomic E-state index is 13.5. The number of imidazole rings is 1. The zero-order chi connectivity index (χ0) is 26.9. The molecule has 0 amide bonds. The average Bonchev–Trinajstić information content (AvgIpc) is 3.30. The molecule has 1 N–H and O–H groups in total. The molecule has 0 aliphatic heterocycles. The van der Waals surface area contributed by atoms with Crippen LogP contribution in [-0.2, 0) is 17.9 Å². The topological polar surface area (TPSA) is 77.2 Å². The van der Waals surface area contributed by atoms with Crippen LogP contribution in [0.2, 0.25) is 0 Å². The number of aliphatic carboxylic acids is 1. The lowest BCUT2D eigenvalue weighted by molar-refractivity contribution is -0.143. The summed E-state index contributed by atoms with van der Waals surface area (Å²) in [4.78, 5) is 21.7. The number of pyridine rings is 1.